The molecule has 2 atom stereocenters. The van der Waals surface area contributed by atoms with Gasteiger partial charge >= 0.3 is 6.18 Å². The second-order valence-corrected chi connectivity index (χ2v) is 12.4. The van der Waals surface area contributed by atoms with E-state index >= 15 is 0 Å². The topological polar surface area (TPSA) is 102 Å². The van der Waals surface area contributed by atoms with Gasteiger partial charge in [-0.25, -0.2) is 4.39 Å². The van der Waals surface area contributed by atoms with Gasteiger partial charge in [0.25, 0.3) is 5.56 Å². The third-order valence-corrected chi connectivity index (χ3v) is 9.84. The van der Waals surface area contributed by atoms with E-state index in [1.54, 1.807) is 29.3 Å². The lowest BCUT2D eigenvalue weighted by atomic mass is 9.88. The van der Waals surface area contributed by atoms with Crippen LogP contribution in [0, 0.1) is 11.2 Å². The third kappa shape index (κ3) is 4.66. The van der Waals surface area contributed by atoms with Gasteiger partial charge in [-0.3, -0.25) is 19.5 Å². The number of aromatic nitrogens is 3. The number of likely N-dealkylation sites (tertiary alicyclic amines) is 1. The van der Waals surface area contributed by atoms with Crippen LogP contribution in [0.25, 0.3) is 21.8 Å². The summed E-state index contributed by atoms with van der Waals surface area (Å²) in [5, 5.41) is 8.39. The number of para-hydroxylation sites is 1. The van der Waals surface area contributed by atoms with Gasteiger partial charge in [-0.1, -0.05) is 25.1 Å². The molecule has 8 nitrogen and oxygen atoms in total. The molecule has 230 valence electrons. The fraction of sp³-hybridized carbons (Fsp3) is 0.438. The Morgan fingerprint density at radius 3 is 2.61 bits per heavy atom. The number of halogens is 4. The number of benzene rings is 2. The monoisotopic (exact) mass is 609 g/mol. The second-order valence-electron chi connectivity index (χ2n) is 12.4. The standard InChI is InChI=1S/C32H31F4N5O3/c1-2-17-10-21-23(22-14-37-39-27(17)22)15-41(16-32(34,35)36)30(44)31(12-24(21)31)13-26(42)40-8-6-18(7-9-40)20-11-19-4-3-5-25(33)28(19)38-29(20)43/h3-5,10-11,14,18,24H,2,6-9,12-13,15-16H2,1H3,(H,37,39)(H,38,43)/t24-,31?/m1/s1. The van der Waals surface area contributed by atoms with Crippen molar-refractivity contribution in [3.63, 3.8) is 0 Å². The average Bonchev–Trinajstić information content (AvgIpc) is 3.50. The molecule has 2 N–H and O–H groups in total. The summed E-state index contributed by atoms with van der Waals surface area (Å²) in [6.07, 6.45) is -1.17. The lowest BCUT2D eigenvalue weighted by Gasteiger charge is -2.33. The summed E-state index contributed by atoms with van der Waals surface area (Å²) in [7, 11) is 0. The molecule has 1 saturated heterocycles. The summed E-state index contributed by atoms with van der Waals surface area (Å²) < 4.78 is 55.2. The van der Waals surface area contributed by atoms with Crippen molar-refractivity contribution in [3.05, 3.63) is 75.0 Å². The number of nitrogens with one attached hydrogen (secondary N) is 2. The Labute approximate surface area is 249 Å². The molecular weight excluding hydrogens is 578 g/mol. The molecule has 4 heterocycles. The van der Waals surface area contributed by atoms with Crippen molar-refractivity contribution >= 4 is 33.6 Å². The first-order valence-electron chi connectivity index (χ1n) is 14.9. The van der Waals surface area contributed by atoms with Gasteiger partial charge in [0.2, 0.25) is 11.8 Å². The minimum atomic E-state index is -4.59. The minimum absolute atomic E-state index is 0.138. The molecule has 44 heavy (non-hydrogen) atoms. The number of nitrogens with zero attached hydrogens (tertiary/aromatic N) is 3. The number of fused-ring (bicyclic) bond motifs is 6. The summed E-state index contributed by atoms with van der Waals surface area (Å²) in [6, 6.07) is 8.26. The second kappa shape index (κ2) is 10.2. The first-order chi connectivity index (χ1) is 21.0. The lowest BCUT2D eigenvalue weighted by Crippen LogP contribution is -2.45. The molecule has 3 aliphatic rings. The highest BCUT2D eigenvalue weighted by Crippen LogP contribution is 2.65. The predicted octanol–water partition coefficient (Wildman–Crippen LogP) is 5.28. The molecule has 2 aromatic carbocycles. The first-order valence-corrected chi connectivity index (χ1v) is 14.9. The zero-order valence-corrected chi connectivity index (χ0v) is 24.1. The van der Waals surface area contributed by atoms with Gasteiger partial charge in [-0.15, -0.1) is 0 Å². The van der Waals surface area contributed by atoms with Crippen molar-refractivity contribution in [1.82, 2.24) is 25.0 Å². The molecule has 1 saturated carbocycles. The molecular formula is C32H31F4N5O3. The molecule has 12 heteroatoms. The number of carbonyl (C=O) groups excluding carboxylic acids is 2. The molecule has 1 unspecified atom stereocenters. The fourth-order valence-electron chi connectivity index (χ4n) is 7.51. The van der Waals surface area contributed by atoms with Crippen LogP contribution >= 0.6 is 0 Å². The predicted molar refractivity (Wildman–Crippen MR) is 154 cm³/mol. The number of aromatic amines is 2. The van der Waals surface area contributed by atoms with Crippen LogP contribution in [0.1, 0.15) is 66.7 Å². The third-order valence-electron chi connectivity index (χ3n) is 9.84. The normalized spacial score (nSPS) is 22.3. The van der Waals surface area contributed by atoms with E-state index < -0.39 is 29.9 Å². The molecule has 2 aliphatic heterocycles. The lowest BCUT2D eigenvalue weighted by molar-refractivity contribution is -0.166. The molecule has 0 bridgehead atoms. The number of carbonyl (C=O) groups is 2. The molecule has 0 spiro atoms. The van der Waals surface area contributed by atoms with Crippen LogP contribution in [-0.2, 0) is 22.6 Å². The highest BCUT2D eigenvalue weighted by atomic mass is 19.4. The van der Waals surface area contributed by atoms with Gasteiger partial charge < -0.3 is 14.8 Å². The number of H-pyrrole nitrogens is 2. The SMILES string of the molecule is CCc1cc2c(c3cn[nH]c13)CN(CC(F)(F)F)C(=O)C1(CC(=O)N3CCC(c4cc5cccc(F)c5[nH]c4=O)CC3)C[C@H]21. The number of rotatable bonds is 5. The van der Waals surface area contributed by atoms with Crippen LogP contribution in [0.5, 0.6) is 0 Å². The van der Waals surface area contributed by atoms with E-state index in [1.165, 1.54) is 6.07 Å². The number of amides is 2. The van der Waals surface area contributed by atoms with Crippen molar-refractivity contribution in [2.45, 2.75) is 63.6 Å². The highest BCUT2D eigenvalue weighted by molar-refractivity contribution is 5.96. The quantitative estimate of drug-likeness (QED) is 0.301. The summed E-state index contributed by atoms with van der Waals surface area (Å²) >= 11 is 0. The van der Waals surface area contributed by atoms with Gasteiger partial charge in [0, 0.05) is 48.3 Å². The Bertz CT molecular complexity index is 1870. The van der Waals surface area contributed by atoms with Crippen LogP contribution < -0.4 is 5.56 Å². The van der Waals surface area contributed by atoms with Crippen LogP contribution in [-0.4, -0.2) is 62.6 Å². The zero-order valence-electron chi connectivity index (χ0n) is 24.1. The summed E-state index contributed by atoms with van der Waals surface area (Å²) in [5.74, 6) is -1.91. The Kier molecular flexibility index (Phi) is 6.60. The molecule has 7 rings (SSSR count). The van der Waals surface area contributed by atoms with Gasteiger partial charge in [0.15, 0.2) is 0 Å². The van der Waals surface area contributed by atoms with E-state index in [1.807, 2.05) is 13.0 Å². The number of aryl methyl sites for hydroxylation is 1. The Hall–Kier alpha value is -4.22. The van der Waals surface area contributed by atoms with E-state index in [-0.39, 0.29) is 41.8 Å². The highest BCUT2D eigenvalue weighted by Gasteiger charge is 2.65. The molecule has 1 aliphatic carbocycles. The van der Waals surface area contributed by atoms with E-state index in [2.05, 4.69) is 15.2 Å². The largest absolute Gasteiger partial charge is 0.406 e. The Morgan fingerprint density at radius 1 is 1.11 bits per heavy atom. The van der Waals surface area contributed by atoms with Gasteiger partial charge in [-0.05, 0) is 60.4 Å². The van der Waals surface area contributed by atoms with Crippen molar-refractivity contribution in [2.75, 3.05) is 19.6 Å². The Morgan fingerprint density at radius 2 is 1.89 bits per heavy atom. The van der Waals surface area contributed by atoms with E-state index in [0.29, 0.717) is 60.7 Å². The van der Waals surface area contributed by atoms with Gasteiger partial charge in [-0.2, -0.15) is 18.3 Å². The number of hydrogen-bond donors (Lipinski definition) is 2. The van der Waals surface area contributed by atoms with E-state index in [0.717, 1.165) is 21.5 Å². The van der Waals surface area contributed by atoms with Crippen LogP contribution in [0.3, 0.4) is 0 Å². The number of hydrogen-bond acceptors (Lipinski definition) is 4. The summed E-state index contributed by atoms with van der Waals surface area (Å²) in [5.41, 5.74) is 2.30. The molecule has 2 aromatic heterocycles. The maximum Gasteiger partial charge on any atom is 0.406 e. The average molecular weight is 610 g/mol. The Balaban J connectivity index is 1.14. The summed E-state index contributed by atoms with van der Waals surface area (Å²) in [4.78, 5) is 45.5. The number of pyridine rings is 1. The maximum absolute atomic E-state index is 14.1. The first kappa shape index (κ1) is 28.5. The van der Waals surface area contributed by atoms with E-state index in [4.69, 9.17) is 0 Å². The van der Waals surface area contributed by atoms with Crippen molar-refractivity contribution < 1.29 is 27.2 Å². The summed E-state index contributed by atoms with van der Waals surface area (Å²) in [6.45, 7) is 1.08. The van der Waals surface area contributed by atoms with Crippen LogP contribution in [0.4, 0.5) is 17.6 Å². The molecule has 4 aromatic rings. The van der Waals surface area contributed by atoms with Crippen LogP contribution in [0.2, 0.25) is 0 Å². The smallest absolute Gasteiger partial charge is 0.343 e. The van der Waals surface area contributed by atoms with Crippen molar-refractivity contribution in [3.8, 4) is 0 Å². The minimum Gasteiger partial charge on any atom is -0.343 e. The molecule has 2 fully saturated rings. The van der Waals surface area contributed by atoms with Crippen molar-refractivity contribution in [2.24, 2.45) is 5.41 Å². The van der Waals surface area contributed by atoms with Crippen LogP contribution in [0.15, 0.2) is 41.3 Å². The van der Waals surface area contributed by atoms with Gasteiger partial charge in [0.05, 0.1) is 22.6 Å². The number of piperidine rings is 1. The maximum atomic E-state index is 14.1. The molecule has 2 amide bonds. The number of alkyl halides is 3. The zero-order chi connectivity index (χ0) is 31.0. The molecule has 0 radical (unpaired) electrons. The fourth-order valence-corrected chi connectivity index (χ4v) is 7.51. The van der Waals surface area contributed by atoms with E-state index in [9.17, 15) is 31.9 Å². The van der Waals surface area contributed by atoms with Gasteiger partial charge in [0.1, 0.15) is 12.4 Å². The van der Waals surface area contributed by atoms with Crippen molar-refractivity contribution in [1.29, 1.82) is 0 Å².